The van der Waals surface area contributed by atoms with Crippen LogP contribution in [0.4, 0.5) is 17.1 Å². The summed E-state index contributed by atoms with van der Waals surface area (Å²) in [4.78, 5) is 4.49. The summed E-state index contributed by atoms with van der Waals surface area (Å²) in [6.07, 6.45) is 11.5. The van der Waals surface area contributed by atoms with Gasteiger partial charge in [0.1, 0.15) is 24.2 Å². The average molecular weight is 517 g/mol. The lowest BCUT2D eigenvalue weighted by Gasteiger charge is -2.24. The minimum atomic E-state index is 0.179. The summed E-state index contributed by atoms with van der Waals surface area (Å²) in [6, 6.07) is 11.4. The molecule has 192 valence electrons. The Morgan fingerprint density at radius 2 is 1.92 bits per heavy atom. The molecule has 1 aliphatic rings. The van der Waals surface area contributed by atoms with E-state index in [1.807, 2.05) is 37.3 Å². The third-order valence-corrected chi connectivity index (χ3v) is 6.62. The first-order valence-corrected chi connectivity index (χ1v) is 13.0. The number of nitrogens with one attached hydrogen (secondary N) is 1. The molecule has 2 aromatic carbocycles. The summed E-state index contributed by atoms with van der Waals surface area (Å²) in [7, 11) is 0. The maximum absolute atomic E-state index is 9.75. The van der Waals surface area contributed by atoms with Gasteiger partial charge in [0, 0.05) is 23.3 Å². The van der Waals surface area contributed by atoms with Crippen LogP contribution in [-0.2, 0) is 0 Å². The number of rotatable bonds is 8. The highest BCUT2D eigenvalue weighted by Crippen LogP contribution is 2.37. The Labute approximate surface area is 223 Å². The molecule has 1 aromatic heterocycles. The topological polar surface area (TPSA) is 93.2 Å². The molecule has 3 aromatic rings. The number of allylic oxidation sites excluding steroid dienone is 3. The first kappa shape index (κ1) is 26.4. The van der Waals surface area contributed by atoms with Gasteiger partial charge in [0.25, 0.3) is 0 Å². The summed E-state index contributed by atoms with van der Waals surface area (Å²) in [5, 5.41) is 14.3. The van der Waals surface area contributed by atoms with Crippen LogP contribution in [0.15, 0.2) is 59.8 Å². The fourth-order valence-electron chi connectivity index (χ4n) is 4.31. The van der Waals surface area contributed by atoms with Gasteiger partial charge in [-0.15, -0.1) is 0 Å². The van der Waals surface area contributed by atoms with Crippen molar-refractivity contribution in [3.63, 3.8) is 0 Å². The predicted octanol–water partition coefficient (Wildman–Crippen LogP) is 8.09. The highest BCUT2D eigenvalue weighted by molar-refractivity contribution is 6.32. The standard InChI is InChI=1S/C30H33ClN4O2/c1-19(2)9-10-20(3)18-36-28-12-11-22(13-25(28)31)35-30-21(16-32)17-34-27-15-29(26(33)14-24(27)30)37-23-7-5-4-6-8-23/h9-15,17,23H,4-8,18,33H2,1-3H3,(H,34,35). The summed E-state index contributed by atoms with van der Waals surface area (Å²) < 4.78 is 12.1. The van der Waals surface area contributed by atoms with Crippen LogP contribution in [0, 0.1) is 11.3 Å². The minimum Gasteiger partial charge on any atom is -0.488 e. The van der Waals surface area contributed by atoms with Crippen LogP contribution in [0.1, 0.15) is 58.4 Å². The number of nitriles is 1. The summed E-state index contributed by atoms with van der Waals surface area (Å²) in [5.74, 6) is 1.23. The number of pyridine rings is 1. The monoisotopic (exact) mass is 516 g/mol. The lowest BCUT2D eigenvalue weighted by Crippen LogP contribution is -2.20. The molecule has 0 unspecified atom stereocenters. The number of hydrogen-bond donors (Lipinski definition) is 2. The number of nitrogen functional groups attached to an aromatic ring is 1. The van der Waals surface area contributed by atoms with Crippen LogP contribution in [0.25, 0.3) is 10.9 Å². The van der Waals surface area contributed by atoms with Crippen LogP contribution in [-0.4, -0.2) is 17.7 Å². The van der Waals surface area contributed by atoms with Gasteiger partial charge in [-0.3, -0.25) is 4.98 Å². The molecule has 0 amide bonds. The molecular formula is C30H33ClN4O2. The van der Waals surface area contributed by atoms with Crippen molar-refractivity contribution in [3.8, 4) is 17.6 Å². The molecule has 0 spiro atoms. The van der Waals surface area contributed by atoms with Gasteiger partial charge in [0.15, 0.2) is 0 Å². The van der Waals surface area contributed by atoms with E-state index >= 15 is 0 Å². The van der Waals surface area contributed by atoms with Crippen LogP contribution < -0.4 is 20.5 Å². The lowest BCUT2D eigenvalue weighted by molar-refractivity contribution is 0.156. The van der Waals surface area contributed by atoms with E-state index in [0.29, 0.717) is 45.6 Å². The first-order chi connectivity index (χ1) is 17.8. The van der Waals surface area contributed by atoms with E-state index in [9.17, 15) is 5.26 Å². The number of aromatic nitrogens is 1. The van der Waals surface area contributed by atoms with E-state index in [0.717, 1.165) is 29.5 Å². The first-order valence-electron chi connectivity index (χ1n) is 12.6. The van der Waals surface area contributed by atoms with Gasteiger partial charge in [-0.2, -0.15) is 5.26 Å². The van der Waals surface area contributed by atoms with Crippen LogP contribution >= 0.6 is 11.6 Å². The normalized spacial score (nSPS) is 14.2. The third-order valence-electron chi connectivity index (χ3n) is 6.32. The summed E-state index contributed by atoms with van der Waals surface area (Å²) >= 11 is 6.53. The summed E-state index contributed by atoms with van der Waals surface area (Å²) in [5.41, 5.74) is 11.7. The zero-order valence-electron chi connectivity index (χ0n) is 21.6. The number of nitrogens with two attached hydrogens (primary N) is 1. The highest BCUT2D eigenvalue weighted by Gasteiger charge is 2.18. The van der Waals surface area contributed by atoms with Crippen molar-refractivity contribution in [2.24, 2.45) is 0 Å². The average Bonchev–Trinajstić information content (AvgIpc) is 2.88. The maximum atomic E-state index is 9.75. The van der Waals surface area contributed by atoms with Gasteiger partial charge >= 0.3 is 0 Å². The zero-order valence-corrected chi connectivity index (χ0v) is 22.4. The second kappa shape index (κ2) is 12.0. The van der Waals surface area contributed by atoms with E-state index in [1.54, 1.807) is 12.3 Å². The van der Waals surface area contributed by atoms with Gasteiger partial charge in [-0.05, 0) is 76.3 Å². The van der Waals surface area contributed by atoms with Gasteiger partial charge < -0.3 is 20.5 Å². The fourth-order valence-corrected chi connectivity index (χ4v) is 4.54. The fraction of sp³-hybridized carbons (Fsp3) is 0.333. The number of hydrogen-bond acceptors (Lipinski definition) is 6. The molecule has 1 fully saturated rings. The van der Waals surface area contributed by atoms with E-state index in [-0.39, 0.29) is 6.10 Å². The molecule has 0 radical (unpaired) electrons. The van der Waals surface area contributed by atoms with Gasteiger partial charge in [-0.1, -0.05) is 35.7 Å². The van der Waals surface area contributed by atoms with E-state index < -0.39 is 0 Å². The predicted molar refractivity (Wildman–Crippen MR) is 152 cm³/mol. The molecule has 0 bridgehead atoms. The lowest BCUT2D eigenvalue weighted by atomic mass is 9.98. The molecule has 1 saturated carbocycles. The molecule has 37 heavy (non-hydrogen) atoms. The third kappa shape index (κ3) is 6.75. The molecule has 0 aliphatic heterocycles. The largest absolute Gasteiger partial charge is 0.488 e. The quantitative estimate of drug-likeness (QED) is 0.232. The van der Waals surface area contributed by atoms with E-state index in [2.05, 4.69) is 36.3 Å². The minimum absolute atomic E-state index is 0.179. The molecule has 7 heteroatoms. The van der Waals surface area contributed by atoms with E-state index in [1.165, 1.54) is 24.8 Å². The molecule has 4 rings (SSSR count). The number of fused-ring (bicyclic) bond motifs is 1. The Bertz CT molecular complexity index is 1380. The number of halogens is 1. The molecule has 0 saturated heterocycles. The summed E-state index contributed by atoms with van der Waals surface area (Å²) in [6.45, 7) is 6.55. The number of benzene rings is 2. The highest BCUT2D eigenvalue weighted by atomic mass is 35.5. The number of ether oxygens (including phenoxy) is 2. The smallest absolute Gasteiger partial charge is 0.144 e. The Morgan fingerprint density at radius 3 is 2.62 bits per heavy atom. The second-order valence-electron chi connectivity index (χ2n) is 9.76. The van der Waals surface area contributed by atoms with Gasteiger partial charge in [0.2, 0.25) is 0 Å². The second-order valence-corrected chi connectivity index (χ2v) is 10.2. The molecule has 1 heterocycles. The Kier molecular flexibility index (Phi) is 8.58. The van der Waals surface area contributed by atoms with Crippen molar-refractivity contribution in [2.75, 3.05) is 17.7 Å². The van der Waals surface area contributed by atoms with Crippen molar-refractivity contribution in [1.82, 2.24) is 4.98 Å². The van der Waals surface area contributed by atoms with Crippen molar-refractivity contribution >= 4 is 39.6 Å². The number of nitrogens with zero attached hydrogens (tertiary/aromatic N) is 2. The van der Waals surface area contributed by atoms with Crippen LogP contribution in [0.5, 0.6) is 11.5 Å². The van der Waals surface area contributed by atoms with Crippen molar-refractivity contribution in [1.29, 1.82) is 5.26 Å². The molecular weight excluding hydrogens is 484 g/mol. The van der Waals surface area contributed by atoms with Crippen molar-refractivity contribution in [2.45, 2.75) is 59.0 Å². The van der Waals surface area contributed by atoms with Crippen molar-refractivity contribution in [3.05, 3.63) is 70.4 Å². The Balaban J connectivity index is 1.57. The van der Waals surface area contributed by atoms with Crippen LogP contribution in [0.2, 0.25) is 5.02 Å². The SMILES string of the molecule is CC(C)=CC=C(C)COc1ccc(Nc2c(C#N)cnc3cc(OC4CCCCC4)c(N)cc23)cc1Cl. The number of anilines is 3. The Hall–Kier alpha value is -3.69. The van der Waals surface area contributed by atoms with Gasteiger partial charge in [0.05, 0.1) is 33.6 Å². The van der Waals surface area contributed by atoms with Gasteiger partial charge in [-0.25, -0.2) is 0 Å². The Morgan fingerprint density at radius 1 is 1.14 bits per heavy atom. The zero-order chi connectivity index (χ0) is 26.4. The van der Waals surface area contributed by atoms with Crippen LogP contribution in [0.3, 0.4) is 0 Å². The molecule has 1 aliphatic carbocycles. The van der Waals surface area contributed by atoms with E-state index in [4.69, 9.17) is 26.8 Å². The van der Waals surface area contributed by atoms with Crippen molar-refractivity contribution < 1.29 is 9.47 Å². The molecule has 6 nitrogen and oxygen atoms in total. The molecule has 3 N–H and O–H groups in total. The maximum Gasteiger partial charge on any atom is 0.144 e. The molecule has 0 atom stereocenters.